The molecule has 0 atom stereocenters. The van der Waals surface area contributed by atoms with Crippen LogP contribution < -0.4 is 0 Å². The zero-order valence-electron chi connectivity index (χ0n) is 12.9. The predicted molar refractivity (Wildman–Crippen MR) is 91.4 cm³/mol. The largest absolute Gasteiger partial charge is 0.206 e. The quantitative estimate of drug-likeness (QED) is 0.552. The summed E-state index contributed by atoms with van der Waals surface area (Å²) >= 11 is 0. The Hall–Kier alpha value is -2.41. The lowest BCUT2D eigenvalue weighted by Gasteiger charge is -2.07. The molecule has 0 aliphatic heterocycles. The molecule has 3 rings (SSSR count). The zero-order valence-corrected chi connectivity index (χ0v) is 12.9. The van der Waals surface area contributed by atoms with Crippen LogP contribution in [0.15, 0.2) is 66.7 Å². The first-order valence-electron chi connectivity index (χ1n) is 7.63. The topological polar surface area (TPSA) is 0 Å². The van der Waals surface area contributed by atoms with Crippen molar-refractivity contribution in [3.63, 3.8) is 0 Å². The summed E-state index contributed by atoms with van der Waals surface area (Å²) in [6, 6.07) is 22.0. The van der Waals surface area contributed by atoms with E-state index in [0.29, 0.717) is 5.56 Å². The molecule has 3 aromatic rings. The van der Waals surface area contributed by atoms with Crippen molar-refractivity contribution >= 4 is 0 Å². The van der Waals surface area contributed by atoms with Gasteiger partial charge in [0, 0.05) is 5.56 Å². The Bertz CT molecular complexity index is 768. The molecule has 22 heavy (non-hydrogen) atoms. The average Bonchev–Trinajstić information content (AvgIpc) is 2.55. The molecule has 0 saturated heterocycles. The van der Waals surface area contributed by atoms with Crippen LogP contribution in [0.5, 0.6) is 0 Å². The van der Waals surface area contributed by atoms with E-state index in [-0.39, 0.29) is 5.82 Å². The summed E-state index contributed by atoms with van der Waals surface area (Å²) in [6.45, 7) is 4.05. The minimum atomic E-state index is -0.167. The molecule has 0 bridgehead atoms. The summed E-state index contributed by atoms with van der Waals surface area (Å²) in [6.07, 6.45) is 1.05. The van der Waals surface area contributed by atoms with Crippen LogP contribution in [0.2, 0.25) is 0 Å². The fraction of sp³-hybridized carbons (Fsp3) is 0.143. The maximum Gasteiger partial charge on any atom is 0.131 e. The molecule has 0 radical (unpaired) electrons. The van der Waals surface area contributed by atoms with E-state index >= 15 is 0 Å². The van der Waals surface area contributed by atoms with E-state index in [2.05, 4.69) is 43.3 Å². The molecule has 0 heterocycles. The second-order valence-corrected chi connectivity index (χ2v) is 5.61. The van der Waals surface area contributed by atoms with E-state index in [1.165, 1.54) is 11.1 Å². The maximum absolute atomic E-state index is 14.0. The smallest absolute Gasteiger partial charge is 0.131 e. The van der Waals surface area contributed by atoms with Crippen LogP contribution in [-0.2, 0) is 6.42 Å². The third-order valence-corrected chi connectivity index (χ3v) is 4.02. The first kappa shape index (κ1) is 14.5. The first-order chi connectivity index (χ1) is 10.7. The summed E-state index contributed by atoms with van der Waals surface area (Å²) in [7, 11) is 0. The number of benzene rings is 3. The van der Waals surface area contributed by atoms with E-state index in [4.69, 9.17) is 0 Å². The molecule has 0 fully saturated rings. The van der Waals surface area contributed by atoms with Gasteiger partial charge in [-0.2, -0.15) is 0 Å². The highest BCUT2D eigenvalue weighted by atomic mass is 19.1. The van der Waals surface area contributed by atoms with Gasteiger partial charge in [0.1, 0.15) is 5.82 Å². The number of hydrogen-bond acceptors (Lipinski definition) is 0. The molecule has 0 spiro atoms. The third kappa shape index (κ3) is 2.94. The second-order valence-electron chi connectivity index (χ2n) is 5.61. The minimum absolute atomic E-state index is 0.167. The first-order valence-corrected chi connectivity index (χ1v) is 7.63. The molecule has 0 aliphatic rings. The van der Waals surface area contributed by atoms with Gasteiger partial charge in [-0.1, -0.05) is 67.6 Å². The lowest BCUT2D eigenvalue weighted by molar-refractivity contribution is 0.630. The number of halogens is 1. The van der Waals surface area contributed by atoms with E-state index in [0.717, 1.165) is 23.1 Å². The van der Waals surface area contributed by atoms with Gasteiger partial charge in [0.2, 0.25) is 0 Å². The lowest BCUT2D eigenvalue weighted by atomic mass is 9.98. The molecule has 0 aromatic heterocycles. The predicted octanol–water partition coefficient (Wildman–Crippen LogP) is 6.03. The van der Waals surface area contributed by atoms with Gasteiger partial charge >= 0.3 is 0 Å². The van der Waals surface area contributed by atoms with Crippen molar-refractivity contribution in [2.75, 3.05) is 0 Å². The van der Waals surface area contributed by atoms with Crippen LogP contribution in [-0.4, -0.2) is 0 Å². The van der Waals surface area contributed by atoms with E-state index in [1.54, 1.807) is 6.07 Å². The lowest BCUT2D eigenvalue weighted by Crippen LogP contribution is -1.86. The van der Waals surface area contributed by atoms with Crippen LogP contribution in [0.25, 0.3) is 22.3 Å². The van der Waals surface area contributed by atoms with Gasteiger partial charge in [-0.3, -0.25) is 0 Å². The standard InChI is InChI=1S/C21H19F/c1-3-16-5-7-17(8-6-16)18-9-11-19(12-10-18)20-13-4-15(2)14-21(20)22/h4-14H,3H2,1-2H3. The Morgan fingerprint density at radius 1 is 0.727 bits per heavy atom. The van der Waals surface area contributed by atoms with Crippen LogP contribution in [0.1, 0.15) is 18.1 Å². The molecule has 110 valence electrons. The summed E-state index contributed by atoms with van der Waals surface area (Å²) in [5.41, 5.74) is 6.17. The fourth-order valence-corrected chi connectivity index (χ4v) is 2.63. The van der Waals surface area contributed by atoms with E-state index in [1.807, 2.05) is 31.2 Å². The maximum atomic E-state index is 14.0. The molecule has 0 saturated carbocycles. The van der Waals surface area contributed by atoms with Gasteiger partial charge < -0.3 is 0 Å². The van der Waals surface area contributed by atoms with Crippen molar-refractivity contribution in [3.8, 4) is 22.3 Å². The van der Waals surface area contributed by atoms with Gasteiger partial charge in [0.15, 0.2) is 0 Å². The Morgan fingerprint density at radius 2 is 1.27 bits per heavy atom. The van der Waals surface area contributed by atoms with Crippen molar-refractivity contribution in [1.29, 1.82) is 0 Å². The van der Waals surface area contributed by atoms with Gasteiger partial charge in [0.25, 0.3) is 0 Å². The summed E-state index contributed by atoms with van der Waals surface area (Å²) in [5, 5.41) is 0. The van der Waals surface area contributed by atoms with Crippen molar-refractivity contribution < 1.29 is 4.39 Å². The molecule has 0 aliphatic carbocycles. The highest BCUT2D eigenvalue weighted by Crippen LogP contribution is 2.27. The van der Waals surface area contributed by atoms with Crippen molar-refractivity contribution in [2.45, 2.75) is 20.3 Å². The highest BCUT2D eigenvalue weighted by molar-refractivity contribution is 5.71. The average molecular weight is 290 g/mol. The number of aryl methyl sites for hydroxylation is 2. The van der Waals surface area contributed by atoms with E-state index in [9.17, 15) is 4.39 Å². The SMILES string of the molecule is CCc1ccc(-c2ccc(-c3ccc(C)cc3F)cc2)cc1. The molecular weight excluding hydrogens is 271 g/mol. The highest BCUT2D eigenvalue weighted by Gasteiger charge is 2.05. The summed E-state index contributed by atoms with van der Waals surface area (Å²) in [4.78, 5) is 0. The Morgan fingerprint density at radius 3 is 1.82 bits per heavy atom. The number of rotatable bonds is 3. The van der Waals surface area contributed by atoms with Crippen LogP contribution in [0.4, 0.5) is 4.39 Å². The Labute approximate surface area is 131 Å². The van der Waals surface area contributed by atoms with Crippen LogP contribution in [0.3, 0.4) is 0 Å². The molecular formula is C21H19F. The molecule has 0 unspecified atom stereocenters. The third-order valence-electron chi connectivity index (χ3n) is 4.02. The van der Waals surface area contributed by atoms with Gasteiger partial charge in [-0.05, 0) is 47.2 Å². The Kier molecular flexibility index (Phi) is 4.06. The molecule has 0 N–H and O–H groups in total. The van der Waals surface area contributed by atoms with Crippen LogP contribution in [0, 0.1) is 12.7 Å². The normalized spacial score (nSPS) is 10.7. The van der Waals surface area contributed by atoms with E-state index < -0.39 is 0 Å². The van der Waals surface area contributed by atoms with Crippen molar-refractivity contribution in [2.24, 2.45) is 0 Å². The zero-order chi connectivity index (χ0) is 15.5. The second kappa shape index (κ2) is 6.15. The summed E-state index contributed by atoms with van der Waals surface area (Å²) in [5.74, 6) is -0.167. The van der Waals surface area contributed by atoms with Gasteiger partial charge in [-0.25, -0.2) is 4.39 Å². The molecule has 3 aromatic carbocycles. The Balaban J connectivity index is 1.91. The van der Waals surface area contributed by atoms with Crippen molar-refractivity contribution in [1.82, 2.24) is 0 Å². The fourth-order valence-electron chi connectivity index (χ4n) is 2.63. The molecule has 0 nitrogen and oxygen atoms in total. The van der Waals surface area contributed by atoms with Gasteiger partial charge in [0.05, 0.1) is 0 Å². The minimum Gasteiger partial charge on any atom is -0.206 e. The summed E-state index contributed by atoms with van der Waals surface area (Å²) < 4.78 is 14.0. The number of hydrogen-bond donors (Lipinski definition) is 0. The molecule has 0 amide bonds. The van der Waals surface area contributed by atoms with Crippen LogP contribution >= 0.6 is 0 Å². The monoisotopic (exact) mass is 290 g/mol. The molecule has 1 heteroatoms. The van der Waals surface area contributed by atoms with Gasteiger partial charge in [-0.15, -0.1) is 0 Å². The van der Waals surface area contributed by atoms with Crippen molar-refractivity contribution in [3.05, 3.63) is 83.7 Å².